The molecule has 0 spiro atoms. The molecule has 7 heteroatoms. The second-order valence-corrected chi connectivity index (χ2v) is 9.13. The minimum absolute atomic E-state index is 0.0374. The zero-order chi connectivity index (χ0) is 25.4. The number of esters is 1. The third kappa shape index (κ3) is 12.3. The van der Waals surface area contributed by atoms with Crippen LogP contribution in [0.5, 0.6) is 0 Å². The lowest BCUT2D eigenvalue weighted by Gasteiger charge is -2.28. The first kappa shape index (κ1) is 29.1. The van der Waals surface area contributed by atoms with Crippen molar-refractivity contribution >= 4 is 17.8 Å². The van der Waals surface area contributed by atoms with Gasteiger partial charge < -0.3 is 20.5 Å². The van der Waals surface area contributed by atoms with Crippen molar-refractivity contribution in [2.45, 2.75) is 70.4 Å². The van der Waals surface area contributed by atoms with Crippen LogP contribution in [-0.2, 0) is 25.5 Å². The Morgan fingerprint density at radius 3 is 2.44 bits per heavy atom. The lowest BCUT2D eigenvalue weighted by molar-refractivity contribution is -0.147. The summed E-state index contributed by atoms with van der Waals surface area (Å²) in [4.78, 5) is 37.4. The Labute approximate surface area is 203 Å². The lowest BCUT2D eigenvalue weighted by Crippen LogP contribution is -2.50. The molecule has 0 heterocycles. The molecule has 0 aromatic heterocycles. The van der Waals surface area contributed by atoms with Gasteiger partial charge in [0.05, 0.1) is 24.1 Å². The molecule has 7 nitrogen and oxygen atoms in total. The number of carbonyl (C=O) groups is 3. The van der Waals surface area contributed by atoms with Crippen LogP contribution < -0.4 is 10.6 Å². The summed E-state index contributed by atoms with van der Waals surface area (Å²) in [7, 11) is 0. The number of hydrogen-bond donors (Lipinski definition) is 3. The number of allylic oxidation sites excluding steroid dienone is 2. The molecule has 0 unspecified atom stereocenters. The van der Waals surface area contributed by atoms with Gasteiger partial charge >= 0.3 is 5.97 Å². The number of rotatable bonds is 17. The highest BCUT2D eigenvalue weighted by molar-refractivity contribution is 5.86. The Morgan fingerprint density at radius 2 is 1.82 bits per heavy atom. The van der Waals surface area contributed by atoms with Crippen LogP contribution in [0.4, 0.5) is 0 Å². The molecular formula is C27H40N2O5. The zero-order valence-corrected chi connectivity index (χ0v) is 20.6. The van der Waals surface area contributed by atoms with E-state index in [2.05, 4.69) is 23.8 Å². The molecule has 0 aliphatic rings. The van der Waals surface area contributed by atoms with E-state index in [0.717, 1.165) is 24.8 Å². The van der Waals surface area contributed by atoms with E-state index in [0.29, 0.717) is 19.3 Å². The summed E-state index contributed by atoms with van der Waals surface area (Å²) in [6, 6.07) is 9.12. The van der Waals surface area contributed by atoms with Crippen LogP contribution in [0, 0.1) is 5.92 Å². The number of aliphatic hydroxyl groups excluding tert-OH is 1. The number of benzene rings is 1. The van der Waals surface area contributed by atoms with Gasteiger partial charge in [0.2, 0.25) is 11.8 Å². The van der Waals surface area contributed by atoms with Gasteiger partial charge in [0, 0.05) is 12.8 Å². The molecular weight excluding hydrogens is 432 g/mol. The number of aliphatic hydroxyl groups is 1. The highest BCUT2D eigenvalue weighted by Gasteiger charge is 2.28. The topological polar surface area (TPSA) is 105 Å². The van der Waals surface area contributed by atoms with Crippen molar-refractivity contribution in [1.82, 2.24) is 10.6 Å². The van der Waals surface area contributed by atoms with Crippen LogP contribution in [0.1, 0.15) is 57.9 Å². The van der Waals surface area contributed by atoms with Crippen molar-refractivity contribution in [1.29, 1.82) is 0 Å². The maximum atomic E-state index is 12.9. The second-order valence-electron chi connectivity index (χ2n) is 9.13. The normalized spacial score (nSPS) is 12.8. The van der Waals surface area contributed by atoms with Crippen molar-refractivity contribution in [2.24, 2.45) is 5.92 Å². The standard InChI is InChI=1S/C27H40N2O5/c1-5-7-8-12-16-25(32)34-20-27(3,4)29-26(33)22(13-6-2)18-24(31)28-23(19-30)17-21-14-10-9-11-15-21/h5-6,9-11,14-15,22-23,30H,1-2,7-8,12-13,16-20H2,3-4H3,(H,28,31)(H,29,33)/t22-,23-/m1/s1. The van der Waals surface area contributed by atoms with Gasteiger partial charge in [-0.15, -0.1) is 13.2 Å². The van der Waals surface area contributed by atoms with E-state index in [1.165, 1.54) is 0 Å². The van der Waals surface area contributed by atoms with Crippen molar-refractivity contribution in [3.63, 3.8) is 0 Å². The van der Waals surface area contributed by atoms with E-state index >= 15 is 0 Å². The highest BCUT2D eigenvalue weighted by Crippen LogP contribution is 2.14. The van der Waals surface area contributed by atoms with Crippen LogP contribution >= 0.6 is 0 Å². The average molecular weight is 473 g/mol. The van der Waals surface area contributed by atoms with Crippen LogP contribution in [-0.4, -0.2) is 47.7 Å². The van der Waals surface area contributed by atoms with Gasteiger partial charge in [0.1, 0.15) is 6.61 Å². The molecule has 3 N–H and O–H groups in total. The molecule has 0 saturated carbocycles. The third-order valence-electron chi connectivity index (χ3n) is 5.26. The summed E-state index contributed by atoms with van der Waals surface area (Å²) in [6.45, 7) is 10.7. The van der Waals surface area contributed by atoms with E-state index in [1.54, 1.807) is 19.9 Å². The number of unbranched alkanes of at least 4 members (excludes halogenated alkanes) is 2. The smallest absolute Gasteiger partial charge is 0.305 e. The molecule has 34 heavy (non-hydrogen) atoms. The Kier molecular flexibility index (Phi) is 13.5. The van der Waals surface area contributed by atoms with Gasteiger partial charge in [0.25, 0.3) is 0 Å². The molecule has 0 saturated heterocycles. The molecule has 1 aromatic rings. The van der Waals surface area contributed by atoms with Crippen molar-refractivity contribution in [2.75, 3.05) is 13.2 Å². The average Bonchev–Trinajstić information content (AvgIpc) is 2.80. The summed E-state index contributed by atoms with van der Waals surface area (Å²) in [6.07, 6.45) is 6.99. The molecule has 0 radical (unpaired) electrons. The monoisotopic (exact) mass is 472 g/mol. The van der Waals surface area contributed by atoms with Crippen LogP contribution in [0.3, 0.4) is 0 Å². The number of nitrogens with one attached hydrogen (secondary N) is 2. The molecule has 188 valence electrons. The number of carbonyl (C=O) groups excluding carboxylic acids is 3. The number of amides is 2. The minimum atomic E-state index is -0.787. The molecule has 0 fully saturated rings. The lowest BCUT2D eigenvalue weighted by atomic mass is 9.97. The van der Waals surface area contributed by atoms with Crippen LogP contribution in [0.15, 0.2) is 55.6 Å². The predicted octanol–water partition coefficient (Wildman–Crippen LogP) is 3.47. The van der Waals surface area contributed by atoms with E-state index in [-0.39, 0.29) is 37.4 Å². The first-order chi connectivity index (χ1) is 16.2. The first-order valence-corrected chi connectivity index (χ1v) is 11.8. The zero-order valence-electron chi connectivity index (χ0n) is 20.6. The Morgan fingerprint density at radius 1 is 1.12 bits per heavy atom. The largest absolute Gasteiger partial charge is 0.463 e. The fraction of sp³-hybridized carbons (Fsp3) is 0.519. The Bertz CT molecular complexity index is 791. The van der Waals surface area contributed by atoms with Crippen LogP contribution in [0.2, 0.25) is 0 Å². The van der Waals surface area contributed by atoms with Crippen molar-refractivity contribution in [3.05, 3.63) is 61.2 Å². The SMILES string of the molecule is C=CCCCCC(=O)OCC(C)(C)NC(=O)[C@H](CC=C)CC(=O)N[C@@H](CO)Cc1ccccc1. The summed E-state index contributed by atoms with van der Waals surface area (Å²) in [5, 5.41) is 15.4. The number of hydrogen-bond acceptors (Lipinski definition) is 5. The van der Waals surface area contributed by atoms with Crippen molar-refractivity contribution < 1.29 is 24.2 Å². The van der Waals surface area contributed by atoms with E-state index in [9.17, 15) is 19.5 Å². The predicted molar refractivity (Wildman–Crippen MR) is 134 cm³/mol. The first-order valence-electron chi connectivity index (χ1n) is 11.8. The maximum absolute atomic E-state index is 12.9. The molecule has 2 atom stereocenters. The summed E-state index contributed by atoms with van der Waals surface area (Å²) < 4.78 is 5.33. The fourth-order valence-electron chi connectivity index (χ4n) is 3.42. The molecule has 2 amide bonds. The minimum Gasteiger partial charge on any atom is -0.463 e. The van der Waals surface area contributed by atoms with E-state index in [4.69, 9.17) is 4.74 Å². The molecule has 1 aromatic carbocycles. The molecule has 0 aliphatic heterocycles. The summed E-state index contributed by atoms with van der Waals surface area (Å²) in [5.74, 6) is -1.56. The molecule has 0 bridgehead atoms. The quantitative estimate of drug-likeness (QED) is 0.183. The van der Waals surface area contributed by atoms with Gasteiger partial charge in [-0.05, 0) is 51.5 Å². The van der Waals surface area contributed by atoms with Gasteiger partial charge in [-0.2, -0.15) is 0 Å². The summed E-state index contributed by atoms with van der Waals surface area (Å²) in [5.41, 5.74) is 0.212. The second kappa shape index (κ2) is 15.8. The summed E-state index contributed by atoms with van der Waals surface area (Å²) >= 11 is 0. The maximum Gasteiger partial charge on any atom is 0.305 e. The molecule has 0 aliphatic carbocycles. The van der Waals surface area contributed by atoms with Gasteiger partial charge in [0.15, 0.2) is 0 Å². The van der Waals surface area contributed by atoms with Crippen molar-refractivity contribution in [3.8, 4) is 0 Å². The van der Waals surface area contributed by atoms with Crippen LogP contribution in [0.25, 0.3) is 0 Å². The highest BCUT2D eigenvalue weighted by atomic mass is 16.5. The van der Waals surface area contributed by atoms with E-state index < -0.39 is 17.5 Å². The van der Waals surface area contributed by atoms with E-state index in [1.807, 2.05) is 36.4 Å². The Hall–Kier alpha value is -2.93. The Balaban J connectivity index is 2.57. The van der Waals surface area contributed by atoms with Gasteiger partial charge in [-0.25, -0.2) is 0 Å². The third-order valence-corrected chi connectivity index (χ3v) is 5.26. The fourth-order valence-corrected chi connectivity index (χ4v) is 3.42. The number of ether oxygens (including phenoxy) is 1. The van der Waals surface area contributed by atoms with Gasteiger partial charge in [-0.1, -0.05) is 42.5 Å². The van der Waals surface area contributed by atoms with Gasteiger partial charge in [-0.3, -0.25) is 14.4 Å². The molecule has 1 rings (SSSR count).